The zero-order valence-corrected chi connectivity index (χ0v) is 13.1. The van der Waals surface area contributed by atoms with Crippen molar-refractivity contribution in [3.8, 4) is 0 Å². The van der Waals surface area contributed by atoms with Crippen LogP contribution in [0.15, 0.2) is 0 Å². The number of hydrogen-bond acceptors (Lipinski definition) is 3. The number of likely N-dealkylation sites (N-methyl/N-ethyl adjacent to an activating group) is 1. The van der Waals surface area contributed by atoms with E-state index in [4.69, 9.17) is 5.73 Å². The fraction of sp³-hybridized carbons (Fsp3) is 1.00. The predicted molar refractivity (Wildman–Crippen MR) is 79.8 cm³/mol. The molecular formula is C15H33N3. The van der Waals surface area contributed by atoms with Gasteiger partial charge in [0.2, 0.25) is 0 Å². The first-order chi connectivity index (χ1) is 8.49. The van der Waals surface area contributed by atoms with Gasteiger partial charge in [-0.05, 0) is 45.8 Å². The molecule has 1 fully saturated rings. The zero-order valence-electron chi connectivity index (χ0n) is 13.1. The Balaban J connectivity index is 2.77. The highest BCUT2D eigenvalue weighted by Crippen LogP contribution is 2.31. The van der Waals surface area contributed by atoms with Crippen LogP contribution < -0.4 is 5.73 Å². The molecule has 0 radical (unpaired) electrons. The Morgan fingerprint density at radius 3 is 2.56 bits per heavy atom. The van der Waals surface area contributed by atoms with E-state index in [0.717, 1.165) is 19.0 Å². The first-order valence-electron chi connectivity index (χ1n) is 7.64. The molecule has 0 aliphatic carbocycles. The van der Waals surface area contributed by atoms with Crippen molar-refractivity contribution in [1.82, 2.24) is 9.80 Å². The van der Waals surface area contributed by atoms with Crippen molar-refractivity contribution < 1.29 is 0 Å². The van der Waals surface area contributed by atoms with E-state index in [1.807, 2.05) is 0 Å². The van der Waals surface area contributed by atoms with Crippen LogP contribution in [0, 0.1) is 5.92 Å². The molecule has 18 heavy (non-hydrogen) atoms. The fourth-order valence-electron chi connectivity index (χ4n) is 3.18. The molecular weight excluding hydrogens is 222 g/mol. The molecule has 3 unspecified atom stereocenters. The van der Waals surface area contributed by atoms with E-state index in [-0.39, 0.29) is 5.54 Å². The summed E-state index contributed by atoms with van der Waals surface area (Å²) in [6.07, 6.45) is 3.69. The summed E-state index contributed by atoms with van der Waals surface area (Å²) in [6.45, 7) is 13.5. The van der Waals surface area contributed by atoms with Crippen molar-refractivity contribution >= 4 is 0 Å². The molecule has 0 saturated carbocycles. The van der Waals surface area contributed by atoms with Gasteiger partial charge in [0.05, 0.1) is 0 Å². The van der Waals surface area contributed by atoms with Crippen LogP contribution in [0.2, 0.25) is 0 Å². The summed E-state index contributed by atoms with van der Waals surface area (Å²) in [5, 5.41) is 0. The normalized spacial score (nSPS) is 31.8. The van der Waals surface area contributed by atoms with Crippen molar-refractivity contribution in [2.45, 2.75) is 58.5 Å². The topological polar surface area (TPSA) is 32.5 Å². The lowest BCUT2D eigenvalue weighted by molar-refractivity contribution is 0.00539. The molecule has 0 bridgehead atoms. The molecule has 1 heterocycles. The molecule has 2 N–H and O–H groups in total. The molecule has 108 valence electrons. The van der Waals surface area contributed by atoms with Crippen molar-refractivity contribution in [3.63, 3.8) is 0 Å². The van der Waals surface area contributed by atoms with E-state index >= 15 is 0 Å². The molecule has 0 aromatic heterocycles. The average Bonchev–Trinajstić information content (AvgIpc) is 2.39. The van der Waals surface area contributed by atoms with Gasteiger partial charge in [-0.15, -0.1) is 0 Å². The smallest absolute Gasteiger partial charge is 0.0358 e. The van der Waals surface area contributed by atoms with Gasteiger partial charge in [-0.25, -0.2) is 0 Å². The molecule has 3 heteroatoms. The van der Waals surface area contributed by atoms with Gasteiger partial charge in [0.25, 0.3) is 0 Å². The molecule has 3 atom stereocenters. The third kappa shape index (κ3) is 3.46. The van der Waals surface area contributed by atoms with Crippen LogP contribution in [0.1, 0.15) is 47.0 Å². The SMILES string of the molecule is CCC(C)CN(CC)C1(CN)CCN(C)C(C)C1. The maximum Gasteiger partial charge on any atom is 0.0358 e. The first-order valence-corrected chi connectivity index (χ1v) is 7.64. The van der Waals surface area contributed by atoms with Crippen LogP contribution in [-0.2, 0) is 0 Å². The maximum atomic E-state index is 6.18. The lowest BCUT2D eigenvalue weighted by Crippen LogP contribution is -2.61. The molecule has 1 rings (SSSR count). The van der Waals surface area contributed by atoms with Crippen LogP contribution in [0.5, 0.6) is 0 Å². The summed E-state index contributed by atoms with van der Waals surface area (Å²) in [5.74, 6) is 0.767. The van der Waals surface area contributed by atoms with E-state index in [2.05, 4.69) is 44.5 Å². The van der Waals surface area contributed by atoms with E-state index in [1.165, 1.54) is 32.4 Å². The first kappa shape index (κ1) is 15.9. The molecule has 0 aromatic carbocycles. The second-order valence-electron chi connectivity index (χ2n) is 6.26. The summed E-state index contributed by atoms with van der Waals surface area (Å²) >= 11 is 0. The van der Waals surface area contributed by atoms with E-state index in [1.54, 1.807) is 0 Å². The number of likely N-dealkylation sites (tertiary alicyclic amines) is 1. The molecule has 0 aromatic rings. The van der Waals surface area contributed by atoms with Gasteiger partial charge in [0.15, 0.2) is 0 Å². The van der Waals surface area contributed by atoms with Crippen molar-refractivity contribution in [3.05, 3.63) is 0 Å². The Morgan fingerprint density at radius 2 is 2.11 bits per heavy atom. The number of hydrogen-bond donors (Lipinski definition) is 1. The number of nitrogens with two attached hydrogens (primary N) is 1. The molecule has 1 saturated heterocycles. The van der Waals surface area contributed by atoms with Gasteiger partial charge in [0, 0.05) is 24.7 Å². The molecule has 1 aliphatic rings. The predicted octanol–water partition coefficient (Wildman–Crippen LogP) is 2.17. The van der Waals surface area contributed by atoms with Crippen LogP contribution in [0.3, 0.4) is 0 Å². The van der Waals surface area contributed by atoms with Crippen LogP contribution >= 0.6 is 0 Å². The minimum absolute atomic E-state index is 0.240. The Kier molecular flexibility index (Phi) is 6.09. The Labute approximate surface area is 114 Å². The molecule has 0 spiro atoms. The third-order valence-corrected chi connectivity index (χ3v) is 5.02. The largest absolute Gasteiger partial charge is 0.329 e. The van der Waals surface area contributed by atoms with Gasteiger partial charge in [-0.2, -0.15) is 0 Å². The number of nitrogens with zero attached hydrogens (tertiary/aromatic N) is 2. The quantitative estimate of drug-likeness (QED) is 0.789. The number of piperidine rings is 1. The molecule has 1 aliphatic heterocycles. The van der Waals surface area contributed by atoms with E-state index in [0.29, 0.717) is 6.04 Å². The number of rotatable bonds is 6. The van der Waals surface area contributed by atoms with Crippen LogP contribution in [-0.4, -0.2) is 54.6 Å². The third-order valence-electron chi connectivity index (χ3n) is 5.02. The second-order valence-corrected chi connectivity index (χ2v) is 6.26. The fourth-order valence-corrected chi connectivity index (χ4v) is 3.18. The van der Waals surface area contributed by atoms with Crippen molar-refractivity contribution in [1.29, 1.82) is 0 Å². The summed E-state index contributed by atoms with van der Waals surface area (Å²) in [6, 6.07) is 0.647. The maximum absolute atomic E-state index is 6.18. The minimum Gasteiger partial charge on any atom is -0.329 e. The van der Waals surface area contributed by atoms with Crippen LogP contribution in [0.4, 0.5) is 0 Å². The highest BCUT2D eigenvalue weighted by molar-refractivity contribution is 4.98. The lowest BCUT2D eigenvalue weighted by Gasteiger charge is -2.50. The van der Waals surface area contributed by atoms with Gasteiger partial charge < -0.3 is 10.6 Å². The van der Waals surface area contributed by atoms with Crippen molar-refractivity contribution in [2.24, 2.45) is 11.7 Å². The second kappa shape index (κ2) is 6.88. The Hall–Kier alpha value is -0.120. The van der Waals surface area contributed by atoms with Gasteiger partial charge in [-0.3, -0.25) is 4.90 Å². The van der Waals surface area contributed by atoms with Gasteiger partial charge in [0.1, 0.15) is 0 Å². The highest BCUT2D eigenvalue weighted by Gasteiger charge is 2.40. The van der Waals surface area contributed by atoms with E-state index < -0.39 is 0 Å². The zero-order chi connectivity index (χ0) is 13.8. The van der Waals surface area contributed by atoms with Crippen LogP contribution in [0.25, 0.3) is 0 Å². The van der Waals surface area contributed by atoms with Gasteiger partial charge in [-0.1, -0.05) is 27.2 Å². The minimum atomic E-state index is 0.240. The molecule has 3 nitrogen and oxygen atoms in total. The lowest BCUT2D eigenvalue weighted by atomic mass is 9.81. The van der Waals surface area contributed by atoms with Gasteiger partial charge >= 0.3 is 0 Å². The Morgan fingerprint density at radius 1 is 1.44 bits per heavy atom. The average molecular weight is 255 g/mol. The Bertz CT molecular complexity index is 244. The molecule has 0 amide bonds. The summed E-state index contributed by atoms with van der Waals surface area (Å²) in [4.78, 5) is 5.12. The monoisotopic (exact) mass is 255 g/mol. The summed E-state index contributed by atoms with van der Waals surface area (Å²) < 4.78 is 0. The van der Waals surface area contributed by atoms with Crippen molar-refractivity contribution in [2.75, 3.05) is 33.2 Å². The van der Waals surface area contributed by atoms with E-state index in [9.17, 15) is 0 Å². The highest BCUT2D eigenvalue weighted by atomic mass is 15.2. The standard InChI is InChI=1S/C15H33N3/c1-6-13(3)11-18(7-2)15(12-16)8-9-17(5)14(4)10-15/h13-14H,6-12,16H2,1-5H3. The summed E-state index contributed by atoms with van der Waals surface area (Å²) in [7, 11) is 2.23. The summed E-state index contributed by atoms with van der Waals surface area (Å²) in [5.41, 5.74) is 6.42.